The summed E-state index contributed by atoms with van der Waals surface area (Å²) in [6.45, 7) is 2.10. The van der Waals surface area contributed by atoms with Crippen LogP contribution in [0.2, 0.25) is 10.0 Å². The highest BCUT2D eigenvalue weighted by atomic mass is 35.5. The van der Waals surface area contributed by atoms with Crippen molar-refractivity contribution >= 4 is 23.2 Å². The van der Waals surface area contributed by atoms with Gasteiger partial charge in [0.1, 0.15) is 0 Å². The van der Waals surface area contributed by atoms with Crippen molar-refractivity contribution in [1.29, 1.82) is 0 Å². The van der Waals surface area contributed by atoms with Gasteiger partial charge in [0.05, 0.1) is 0 Å². The van der Waals surface area contributed by atoms with Gasteiger partial charge >= 0.3 is 0 Å². The van der Waals surface area contributed by atoms with Crippen LogP contribution in [0, 0.1) is 6.92 Å². The Morgan fingerprint density at radius 3 is 2.26 bits per heavy atom. The number of aryl methyl sites for hydroxylation is 1. The second-order valence-electron chi connectivity index (χ2n) is 4.67. The summed E-state index contributed by atoms with van der Waals surface area (Å²) in [5.41, 5.74) is 3.50. The molecule has 2 rings (SSSR count). The molecule has 0 bridgehead atoms. The first-order valence-electron chi connectivity index (χ1n) is 6.28. The van der Waals surface area contributed by atoms with E-state index in [9.17, 15) is 0 Å². The summed E-state index contributed by atoms with van der Waals surface area (Å²) in [6.07, 6.45) is 0.863. The van der Waals surface area contributed by atoms with E-state index in [0.29, 0.717) is 10.0 Å². The van der Waals surface area contributed by atoms with Gasteiger partial charge in [0, 0.05) is 21.7 Å². The standard InChI is InChI=1S/C16H17Cl2N/c1-11-5-3-6-12(9-11)10-15(19-2)16-13(17)7-4-8-14(16)18/h3-9,15,19H,10H2,1-2H3. The lowest BCUT2D eigenvalue weighted by atomic mass is 9.98. The summed E-state index contributed by atoms with van der Waals surface area (Å²) < 4.78 is 0. The maximum absolute atomic E-state index is 6.28. The van der Waals surface area contributed by atoms with Gasteiger partial charge in [0.2, 0.25) is 0 Å². The van der Waals surface area contributed by atoms with E-state index in [4.69, 9.17) is 23.2 Å². The fraction of sp³-hybridized carbons (Fsp3) is 0.250. The Morgan fingerprint density at radius 1 is 1.05 bits per heavy atom. The van der Waals surface area contributed by atoms with Gasteiger partial charge in [-0.25, -0.2) is 0 Å². The number of rotatable bonds is 4. The van der Waals surface area contributed by atoms with Gasteiger partial charge in [0.25, 0.3) is 0 Å². The molecule has 0 aliphatic heterocycles. The lowest BCUT2D eigenvalue weighted by molar-refractivity contribution is 0.592. The topological polar surface area (TPSA) is 12.0 Å². The molecule has 3 heteroatoms. The largest absolute Gasteiger partial charge is 0.313 e. The SMILES string of the molecule is CNC(Cc1cccc(C)c1)c1c(Cl)cccc1Cl. The van der Waals surface area contributed by atoms with Crippen molar-refractivity contribution in [1.82, 2.24) is 5.32 Å². The van der Waals surface area contributed by atoms with Gasteiger partial charge in [0.15, 0.2) is 0 Å². The third-order valence-electron chi connectivity index (χ3n) is 3.22. The molecule has 2 aromatic carbocycles. The molecule has 1 nitrogen and oxygen atoms in total. The molecule has 2 aromatic rings. The minimum absolute atomic E-state index is 0.114. The van der Waals surface area contributed by atoms with E-state index in [1.165, 1.54) is 11.1 Å². The van der Waals surface area contributed by atoms with E-state index in [2.05, 4.69) is 36.5 Å². The molecule has 0 saturated carbocycles. The summed E-state index contributed by atoms with van der Waals surface area (Å²) in [4.78, 5) is 0. The van der Waals surface area contributed by atoms with Crippen molar-refractivity contribution in [3.8, 4) is 0 Å². The fourth-order valence-electron chi connectivity index (χ4n) is 2.27. The van der Waals surface area contributed by atoms with Crippen LogP contribution in [-0.4, -0.2) is 7.05 Å². The van der Waals surface area contributed by atoms with Gasteiger partial charge in [-0.05, 0) is 38.1 Å². The zero-order chi connectivity index (χ0) is 13.8. The lowest BCUT2D eigenvalue weighted by Crippen LogP contribution is -2.19. The van der Waals surface area contributed by atoms with Crippen molar-refractivity contribution in [3.05, 3.63) is 69.2 Å². The predicted molar refractivity (Wildman–Crippen MR) is 83.1 cm³/mol. The molecule has 100 valence electrons. The van der Waals surface area contributed by atoms with Crippen molar-refractivity contribution in [2.45, 2.75) is 19.4 Å². The third kappa shape index (κ3) is 3.50. The first-order chi connectivity index (χ1) is 9.11. The van der Waals surface area contributed by atoms with Gasteiger partial charge in [-0.1, -0.05) is 59.1 Å². The molecule has 19 heavy (non-hydrogen) atoms. The monoisotopic (exact) mass is 293 g/mol. The van der Waals surface area contributed by atoms with E-state index in [1.807, 2.05) is 25.2 Å². The fourth-order valence-corrected chi connectivity index (χ4v) is 2.93. The van der Waals surface area contributed by atoms with Crippen LogP contribution >= 0.6 is 23.2 Å². The molecule has 0 aromatic heterocycles. The van der Waals surface area contributed by atoms with Gasteiger partial charge in [-0.3, -0.25) is 0 Å². The number of nitrogens with one attached hydrogen (secondary N) is 1. The zero-order valence-corrected chi connectivity index (χ0v) is 12.6. The van der Waals surface area contributed by atoms with Crippen molar-refractivity contribution in [2.24, 2.45) is 0 Å². The smallest absolute Gasteiger partial charge is 0.0468 e. The zero-order valence-electron chi connectivity index (χ0n) is 11.1. The third-order valence-corrected chi connectivity index (χ3v) is 3.88. The molecule has 0 saturated heterocycles. The van der Waals surface area contributed by atoms with Crippen LogP contribution in [0.25, 0.3) is 0 Å². The highest BCUT2D eigenvalue weighted by molar-refractivity contribution is 6.36. The Balaban J connectivity index is 2.30. The molecule has 1 N–H and O–H groups in total. The number of hydrogen-bond donors (Lipinski definition) is 1. The summed E-state index contributed by atoms with van der Waals surface area (Å²) in [5.74, 6) is 0. The minimum atomic E-state index is 0.114. The van der Waals surface area contributed by atoms with Gasteiger partial charge in [-0.15, -0.1) is 0 Å². The first-order valence-corrected chi connectivity index (χ1v) is 7.04. The van der Waals surface area contributed by atoms with Crippen LogP contribution in [-0.2, 0) is 6.42 Å². The van der Waals surface area contributed by atoms with E-state index in [0.717, 1.165) is 12.0 Å². The Kier molecular flexibility index (Phi) is 4.87. The Bertz CT molecular complexity index is 546. The van der Waals surface area contributed by atoms with Crippen LogP contribution in [0.4, 0.5) is 0 Å². The molecule has 0 heterocycles. The van der Waals surface area contributed by atoms with Crippen molar-refractivity contribution in [3.63, 3.8) is 0 Å². The maximum Gasteiger partial charge on any atom is 0.0468 e. The summed E-state index contributed by atoms with van der Waals surface area (Å²) >= 11 is 12.6. The summed E-state index contributed by atoms with van der Waals surface area (Å²) in [5, 5.41) is 4.71. The second-order valence-corrected chi connectivity index (χ2v) is 5.48. The quantitative estimate of drug-likeness (QED) is 0.853. The second kappa shape index (κ2) is 6.42. The molecular weight excluding hydrogens is 277 g/mol. The van der Waals surface area contributed by atoms with Crippen LogP contribution < -0.4 is 5.32 Å². The summed E-state index contributed by atoms with van der Waals surface area (Å²) in [6, 6.07) is 14.2. The van der Waals surface area contributed by atoms with Crippen molar-refractivity contribution < 1.29 is 0 Å². The average molecular weight is 294 g/mol. The molecule has 1 atom stereocenters. The van der Waals surface area contributed by atoms with Crippen LogP contribution in [0.15, 0.2) is 42.5 Å². The van der Waals surface area contributed by atoms with E-state index in [1.54, 1.807) is 0 Å². The number of hydrogen-bond acceptors (Lipinski definition) is 1. The van der Waals surface area contributed by atoms with E-state index < -0.39 is 0 Å². The van der Waals surface area contributed by atoms with E-state index in [-0.39, 0.29) is 6.04 Å². The van der Waals surface area contributed by atoms with Crippen LogP contribution in [0.3, 0.4) is 0 Å². The van der Waals surface area contributed by atoms with Gasteiger partial charge in [-0.2, -0.15) is 0 Å². The van der Waals surface area contributed by atoms with E-state index >= 15 is 0 Å². The molecule has 0 fully saturated rings. The molecule has 1 unspecified atom stereocenters. The Morgan fingerprint density at radius 2 is 1.68 bits per heavy atom. The minimum Gasteiger partial charge on any atom is -0.313 e. The molecule has 0 spiro atoms. The summed E-state index contributed by atoms with van der Waals surface area (Å²) in [7, 11) is 1.93. The first kappa shape index (κ1) is 14.4. The maximum atomic E-state index is 6.28. The molecule has 0 amide bonds. The number of likely N-dealkylation sites (N-methyl/N-ethyl adjacent to an activating group) is 1. The van der Waals surface area contributed by atoms with Crippen molar-refractivity contribution in [2.75, 3.05) is 7.05 Å². The lowest BCUT2D eigenvalue weighted by Gasteiger charge is -2.19. The normalized spacial score (nSPS) is 12.4. The Labute approximate surface area is 124 Å². The highest BCUT2D eigenvalue weighted by Crippen LogP contribution is 2.32. The van der Waals surface area contributed by atoms with Gasteiger partial charge < -0.3 is 5.32 Å². The Hall–Kier alpha value is -1.02. The molecular formula is C16H17Cl2N. The predicted octanol–water partition coefficient (Wildman–Crippen LogP) is 4.81. The molecule has 0 aliphatic carbocycles. The van der Waals surface area contributed by atoms with Crippen LogP contribution in [0.1, 0.15) is 22.7 Å². The molecule has 0 radical (unpaired) electrons. The highest BCUT2D eigenvalue weighted by Gasteiger charge is 2.16. The molecule has 0 aliphatic rings. The van der Waals surface area contributed by atoms with Crippen LogP contribution in [0.5, 0.6) is 0 Å². The number of benzene rings is 2. The number of halogens is 2. The average Bonchev–Trinajstić information content (AvgIpc) is 2.37.